The number of carbonyl (C=O) groups excluding carboxylic acids is 2. The third-order valence-corrected chi connectivity index (χ3v) is 5.77. The molecule has 3 aromatic rings. The predicted molar refractivity (Wildman–Crippen MR) is 104 cm³/mol. The monoisotopic (exact) mass is 371 g/mol. The minimum atomic E-state index is -0.129. The highest BCUT2D eigenvalue weighted by Crippen LogP contribution is 2.36. The fourth-order valence-corrected chi connectivity index (χ4v) is 4.31. The summed E-state index contributed by atoms with van der Waals surface area (Å²) in [5, 5.41) is 4.35. The number of aromatic nitrogens is 3. The largest absolute Gasteiger partial charge is 0.337 e. The maximum absolute atomic E-state index is 13.1. The van der Waals surface area contributed by atoms with Crippen molar-refractivity contribution in [3.63, 3.8) is 0 Å². The van der Waals surface area contributed by atoms with Crippen molar-refractivity contribution in [3.05, 3.63) is 58.5 Å². The standard InChI is InChI=1S/C20H18BN5O2/c1-11-13-3-4-15-16(10-24(2)19(15)27)14(13)5-6-25(11)20(28)17-7-18-22-8-12(21)9-26(18)23-17/h3-4,7-9,11H,5-6,10H2,1-2H3. The van der Waals surface area contributed by atoms with Gasteiger partial charge in [0.05, 0.1) is 6.04 Å². The number of rotatable bonds is 1. The van der Waals surface area contributed by atoms with Gasteiger partial charge in [0.1, 0.15) is 7.85 Å². The van der Waals surface area contributed by atoms with E-state index in [4.69, 9.17) is 7.85 Å². The van der Waals surface area contributed by atoms with Crippen LogP contribution in [0.1, 0.15) is 50.5 Å². The van der Waals surface area contributed by atoms with Crippen LogP contribution in [-0.4, -0.2) is 57.7 Å². The lowest BCUT2D eigenvalue weighted by molar-refractivity contribution is 0.0670. The van der Waals surface area contributed by atoms with Gasteiger partial charge in [-0.25, -0.2) is 9.50 Å². The molecule has 0 bridgehead atoms. The van der Waals surface area contributed by atoms with Gasteiger partial charge in [0.25, 0.3) is 11.8 Å². The first-order chi connectivity index (χ1) is 13.4. The van der Waals surface area contributed by atoms with Gasteiger partial charge in [0.2, 0.25) is 0 Å². The van der Waals surface area contributed by atoms with Crippen molar-refractivity contribution in [1.82, 2.24) is 24.4 Å². The second kappa shape index (κ2) is 5.92. The number of hydrogen-bond donors (Lipinski definition) is 0. The van der Waals surface area contributed by atoms with E-state index in [-0.39, 0.29) is 17.9 Å². The van der Waals surface area contributed by atoms with Gasteiger partial charge in [-0.3, -0.25) is 9.59 Å². The average Bonchev–Trinajstić information content (AvgIpc) is 3.22. The first kappa shape index (κ1) is 17.0. The molecule has 0 fully saturated rings. The summed E-state index contributed by atoms with van der Waals surface area (Å²) < 4.78 is 1.53. The number of benzene rings is 1. The van der Waals surface area contributed by atoms with Crippen molar-refractivity contribution >= 4 is 30.8 Å². The Hall–Kier alpha value is -3.16. The van der Waals surface area contributed by atoms with Crippen LogP contribution in [0.3, 0.4) is 0 Å². The zero-order chi connectivity index (χ0) is 19.6. The van der Waals surface area contributed by atoms with Gasteiger partial charge in [-0.2, -0.15) is 5.10 Å². The molecule has 2 radical (unpaired) electrons. The Kier molecular flexibility index (Phi) is 3.59. The van der Waals surface area contributed by atoms with Gasteiger partial charge in [0.15, 0.2) is 11.3 Å². The molecule has 4 heterocycles. The lowest BCUT2D eigenvalue weighted by Gasteiger charge is -2.35. The molecular weight excluding hydrogens is 353 g/mol. The Balaban J connectivity index is 1.49. The van der Waals surface area contributed by atoms with Crippen LogP contribution in [0.4, 0.5) is 0 Å². The van der Waals surface area contributed by atoms with Gasteiger partial charge in [-0.15, -0.1) is 0 Å². The van der Waals surface area contributed by atoms with E-state index in [0.29, 0.717) is 29.9 Å². The van der Waals surface area contributed by atoms with Gasteiger partial charge in [0, 0.05) is 44.2 Å². The minimum absolute atomic E-state index is 0.0698. The molecule has 1 unspecified atom stereocenters. The van der Waals surface area contributed by atoms with Crippen LogP contribution in [0.15, 0.2) is 30.6 Å². The molecule has 0 spiro atoms. The first-order valence-electron chi connectivity index (χ1n) is 9.26. The number of hydrogen-bond acceptors (Lipinski definition) is 4. The first-order valence-corrected chi connectivity index (χ1v) is 9.26. The van der Waals surface area contributed by atoms with Crippen LogP contribution in [0.5, 0.6) is 0 Å². The Morgan fingerprint density at radius 2 is 2.11 bits per heavy atom. The van der Waals surface area contributed by atoms with E-state index in [2.05, 4.69) is 10.1 Å². The smallest absolute Gasteiger partial charge is 0.274 e. The van der Waals surface area contributed by atoms with E-state index in [1.165, 1.54) is 10.1 Å². The van der Waals surface area contributed by atoms with Crippen molar-refractivity contribution in [2.75, 3.05) is 13.6 Å². The highest BCUT2D eigenvalue weighted by molar-refractivity contribution is 6.31. The lowest BCUT2D eigenvalue weighted by atomic mass is 9.88. The summed E-state index contributed by atoms with van der Waals surface area (Å²) in [7, 11) is 7.57. The van der Waals surface area contributed by atoms with Crippen LogP contribution in [0, 0.1) is 0 Å². The van der Waals surface area contributed by atoms with E-state index in [9.17, 15) is 9.59 Å². The van der Waals surface area contributed by atoms with Gasteiger partial charge >= 0.3 is 0 Å². The summed E-state index contributed by atoms with van der Waals surface area (Å²) in [5.41, 5.74) is 5.63. The Bertz CT molecular complexity index is 1150. The summed E-state index contributed by atoms with van der Waals surface area (Å²) in [6, 6.07) is 5.47. The molecule has 8 heteroatoms. The zero-order valence-electron chi connectivity index (χ0n) is 15.7. The summed E-state index contributed by atoms with van der Waals surface area (Å²) in [6.45, 7) is 3.25. The fraction of sp³-hybridized carbons (Fsp3) is 0.300. The van der Waals surface area contributed by atoms with Crippen molar-refractivity contribution in [3.8, 4) is 0 Å². The molecule has 2 amide bonds. The topological polar surface area (TPSA) is 70.8 Å². The van der Waals surface area contributed by atoms with Crippen LogP contribution in [0.25, 0.3) is 5.65 Å². The zero-order valence-corrected chi connectivity index (χ0v) is 15.7. The highest BCUT2D eigenvalue weighted by Gasteiger charge is 2.35. The van der Waals surface area contributed by atoms with E-state index >= 15 is 0 Å². The van der Waals surface area contributed by atoms with Crippen molar-refractivity contribution < 1.29 is 9.59 Å². The van der Waals surface area contributed by atoms with E-state index in [1.807, 2.05) is 31.0 Å². The Morgan fingerprint density at radius 3 is 2.93 bits per heavy atom. The van der Waals surface area contributed by atoms with E-state index in [1.54, 1.807) is 23.4 Å². The molecule has 0 N–H and O–H groups in total. The highest BCUT2D eigenvalue weighted by atomic mass is 16.2. The van der Waals surface area contributed by atoms with Crippen molar-refractivity contribution in [2.24, 2.45) is 0 Å². The molecule has 2 aliphatic heterocycles. The molecule has 28 heavy (non-hydrogen) atoms. The normalized spacial score (nSPS) is 18.5. The van der Waals surface area contributed by atoms with Crippen LogP contribution in [0.2, 0.25) is 0 Å². The van der Waals surface area contributed by atoms with Crippen molar-refractivity contribution in [1.29, 1.82) is 0 Å². The van der Waals surface area contributed by atoms with Crippen LogP contribution < -0.4 is 5.46 Å². The maximum Gasteiger partial charge on any atom is 0.274 e. The molecule has 0 saturated heterocycles. The molecule has 0 aliphatic carbocycles. The molecule has 7 nitrogen and oxygen atoms in total. The molecular formula is C20H18BN5O2. The number of amides is 2. The Morgan fingerprint density at radius 1 is 1.29 bits per heavy atom. The molecule has 2 aliphatic rings. The average molecular weight is 371 g/mol. The number of nitrogens with zero attached hydrogens (tertiary/aromatic N) is 5. The SMILES string of the molecule is [B]c1cnc2cc(C(=O)N3CCc4c(ccc5c4CN(C)C5=O)C3C)nn2c1. The quantitative estimate of drug-likeness (QED) is 0.596. The second-order valence-corrected chi connectivity index (χ2v) is 7.46. The van der Waals surface area contributed by atoms with Gasteiger partial charge < -0.3 is 9.80 Å². The minimum Gasteiger partial charge on any atom is -0.337 e. The van der Waals surface area contributed by atoms with Gasteiger partial charge in [-0.05, 0) is 36.1 Å². The van der Waals surface area contributed by atoms with E-state index in [0.717, 1.165) is 23.1 Å². The lowest BCUT2D eigenvalue weighted by Crippen LogP contribution is -2.39. The van der Waals surface area contributed by atoms with Crippen molar-refractivity contribution in [2.45, 2.75) is 25.9 Å². The molecule has 138 valence electrons. The second-order valence-electron chi connectivity index (χ2n) is 7.46. The predicted octanol–water partition coefficient (Wildman–Crippen LogP) is 0.868. The molecule has 1 aromatic carbocycles. The molecule has 2 aromatic heterocycles. The maximum atomic E-state index is 13.1. The summed E-state index contributed by atoms with van der Waals surface area (Å²) in [6.07, 6.45) is 3.92. The van der Waals surface area contributed by atoms with Crippen LogP contribution >= 0.6 is 0 Å². The fourth-order valence-electron chi connectivity index (χ4n) is 4.31. The third kappa shape index (κ3) is 2.37. The number of fused-ring (bicyclic) bond motifs is 4. The van der Waals surface area contributed by atoms with Gasteiger partial charge in [-0.1, -0.05) is 11.5 Å². The summed E-state index contributed by atoms with van der Waals surface area (Å²) in [5.74, 6) is -0.0589. The summed E-state index contributed by atoms with van der Waals surface area (Å²) in [4.78, 5) is 33.2. The molecule has 0 saturated carbocycles. The molecule has 1 atom stereocenters. The van der Waals surface area contributed by atoms with Crippen LogP contribution in [-0.2, 0) is 13.0 Å². The Labute approximate surface area is 163 Å². The summed E-state index contributed by atoms with van der Waals surface area (Å²) >= 11 is 0. The van der Waals surface area contributed by atoms with E-state index < -0.39 is 0 Å². The number of carbonyl (C=O) groups is 2. The third-order valence-electron chi connectivity index (χ3n) is 5.77. The molecule has 5 rings (SSSR count).